The van der Waals surface area contributed by atoms with Crippen LogP contribution in [-0.2, 0) is 11.3 Å². The van der Waals surface area contributed by atoms with Crippen LogP contribution in [0.25, 0.3) is 0 Å². The van der Waals surface area contributed by atoms with E-state index in [2.05, 4.69) is 39.9 Å². The Hall–Kier alpha value is -1.23. The van der Waals surface area contributed by atoms with Gasteiger partial charge in [-0.3, -0.25) is 0 Å². The van der Waals surface area contributed by atoms with E-state index in [4.69, 9.17) is 4.74 Å². The molecule has 3 nitrogen and oxygen atoms in total. The van der Waals surface area contributed by atoms with Crippen LogP contribution in [0.4, 0.5) is 0 Å². The Kier molecular flexibility index (Phi) is 3.92. The van der Waals surface area contributed by atoms with Crippen LogP contribution in [0.5, 0.6) is 0 Å². The van der Waals surface area contributed by atoms with E-state index in [0.29, 0.717) is 6.04 Å². The van der Waals surface area contributed by atoms with Gasteiger partial charge in [-0.25, -0.2) is 4.98 Å². The van der Waals surface area contributed by atoms with E-state index in [-0.39, 0.29) is 6.10 Å². The van der Waals surface area contributed by atoms with Crippen LogP contribution >= 0.6 is 11.3 Å². The number of benzene rings is 1. The molecule has 1 aromatic heterocycles. The van der Waals surface area contributed by atoms with Gasteiger partial charge in [-0.15, -0.1) is 11.3 Å². The molecule has 1 N–H and O–H groups in total. The maximum Gasteiger partial charge on any atom is 0.107 e. The molecule has 19 heavy (non-hydrogen) atoms. The van der Waals surface area contributed by atoms with Crippen LogP contribution in [0.3, 0.4) is 0 Å². The molecule has 4 heteroatoms. The van der Waals surface area contributed by atoms with Crippen molar-refractivity contribution >= 4 is 11.3 Å². The fourth-order valence-electron chi connectivity index (χ4n) is 2.47. The number of ether oxygens (including phenoxy) is 1. The smallest absolute Gasteiger partial charge is 0.107 e. The number of aromatic nitrogens is 1. The van der Waals surface area contributed by atoms with E-state index in [9.17, 15) is 0 Å². The Morgan fingerprint density at radius 2 is 2.21 bits per heavy atom. The summed E-state index contributed by atoms with van der Waals surface area (Å²) in [6.45, 7) is 3.69. The average molecular weight is 274 g/mol. The van der Waals surface area contributed by atoms with E-state index in [1.165, 1.54) is 5.56 Å². The normalized spacial score (nSPS) is 22.8. The van der Waals surface area contributed by atoms with Crippen LogP contribution in [-0.4, -0.2) is 17.6 Å². The third-order valence-electron chi connectivity index (χ3n) is 3.40. The van der Waals surface area contributed by atoms with E-state index < -0.39 is 0 Å². The van der Waals surface area contributed by atoms with E-state index in [1.54, 1.807) is 11.3 Å². The van der Waals surface area contributed by atoms with Gasteiger partial charge in [0, 0.05) is 30.3 Å². The van der Waals surface area contributed by atoms with Gasteiger partial charge in [-0.1, -0.05) is 30.3 Å². The first-order chi connectivity index (χ1) is 9.33. The van der Waals surface area contributed by atoms with Crippen molar-refractivity contribution < 1.29 is 4.74 Å². The fraction of sp³-hybridized carbons (Fsp3) is 0.400. The number of aryl methyl sites for hydroxylation is 1. The van der Waals surface area contributed by atoms with E-state index >= 15 is 0 Å². The lowest BCUT2D eigenvalue weighted by atomic mass is 10.0. The zero-order valence-corrected chi connectivity index (χ0v) is 11.8. The number of hydrogen-bond acceptors (Lipinski definition) is 4. The van der Waals surface area contributed by atoms with E-state index in [1.807, 2.05) is 13.0 Å². The molecule has 1 fully saturated rings. The second-order valence-corrected chi connectivity index (χ2v) is 5.80. The zero-order chi connectivity index (χ0) is 13.1. The summed E-state index contributed by atoms with van der Waals surface area (Å²) in [5.41, 5.74) is 2.36. The molecule has 100 valence electrons. The highest BCUT2D eigenvalue weighted by Gasteiger charge is 2.29. The number of nitrogens with zero attached hydrogens (tertiary/aromatic N) is 1. The molecule has 0 unspecified atom stereocenters. The molecule has 2 aromatic rings. The topological polar surface area (TPSA) is 34.1 Å². The maximum absolute atomic E-state index is 5.87. The quantitative estimate of drug-likeness (QED) is 0.930. The van der Waals surface area contributed by atoms with Crippen molar-refractivity contribution in [2.45, 2.75) is 32.0 Å². The van der Waals surface area contributed by atoms with Crippen molar-refractivity contribution in [3.63, 3.8) is 0 Å². The average Bonchev–Trinajstić information content (AvgIpc) is 3.06. The molecule has 0 saturated carbocycles. The second-order valence-electron chi connectivity index (χ2n) is 4.86. The first-order valence-electron chi connectivity index (χ1n) is 6.64. The minimum absolute atomic E-state index is 0.169. The maximum atomic E-state index is 5.87. The predicted molar refractivity (Wildman–Crippen MR) is 77.2 cm³/mol. The van der Waals surface area contributed by atoms with Crippen LogP contribution in [0.2, 0.25) is 0 Å². The first-order valence-corrected chi connectivity index (χ1v) is 7.52. The summed E-state index contributed by atoms with van der Waals surface area (Å²) < 4.78 is 5.87. The minimum Gasteiger partial charge on any atom is -0.372 e. The lowest BCUT2D eigenvalue weighted by Crippen LogP contribution is -2.31. The highest BCUT2D eigenvalue weighted by Crippen LogP contribution is 2.29. The molecule has 0 amide bonds. The van der Waals surface area contributed by atoms with Gasteiger partial charge in [-0.2, -0.15) is 0 Å². The molecule has 0 spiro atoms. The first kappa shape index (κ1) is 12.8. The van der Waals surface area contributed by atoms with Gasteiger partial charge in [-0.05, 0) is 18.9 Å². The van der Waals surface area contributed by atoms with Gasteiger partial charge < -0.3 is 10.1 Å². The largest absolute Gasteiger partial charge is 0.372 e. The molecule has 0 aliphatic carbocycles. The molecule has 1 aromatic carbocycles. The van der Waals surface area contributed by atoms with Crippen molar-refractivity contribution in [3.8, 4) is 0 Å². The molecule has 1 aliphatic heterocycles. The Bertz CT molecular complexity index is 526. The number of thiazole rings is 1. The Labute approximate surface area is 117 Å². The molecule has 0 radical (unpaired) electrons. The van der Waals surface area contributed by atoms with Crippen molar-refractivity contribution in [1.29, 1.82) is 0 Å². The van der Waals surface area contributed by atoms with E-state index in [0.717, 1.165) is 30.3 Å². The van der Waals surface area contributed by atoms with Crippen molar-refractivity contribution in [3.05, 3.63) is 52.0 Å². The SMILES string of the molecule is Cc1csc(CN[C@@H]2CCO[C@@H]2c2ccccc2)n1. The lowest BCUT2D eigenvalue weighted by molar-refractivity contribution is 0.0985. The third kappa shape index (κ3) is 3.03. The summed E-state index contributed by atoms with van der Waals surface area (Å²) in [7, 11) is 0. The van der Waals surface area contributed by atoms with Crippen molar-refractivity contribution in [1.82, 2.24) is 10.3 Å². The number of rotatable bonds is 4. The van der Waals surface area contributed by atoms with Crippen molar-refractivity contribution in [2.24, 2.45) is 0 Å². The standard InChI is InChI=1S/C15H18N2OS/c1-11-10-19-14(17-11)9-16-13-7-8-18-15(13)12-5-3-2-4-6-12/h2-6,10,13,15-16H,7-9H2,1H3/t13-,15-/m1/s1. The second kappa shape index (κ2) is 5.82. The van der Waals surface area contributed by atoms with Gasteiger partial charge in [0.1, 0.15) is 5.01 Å². The Balaban J connectivity index is 1.64. The molecular formula is C15H18N2OS. The highest BCUT2D eigenvalue weighted by molar-refractivity contribution is 7.09. The summed E-state index contributed by atoms with van der Waals surface area (Å²) in [6.07, 6.45) is 1.23. The minimum atomic E-state index is 0.169. The number of hydrogen-bond donors (Lipinski definition) is 1. The molecule has 0 bridgehead atoms. The van der Waals surface area contributed by atoms with Gasteiger partial charge in [0.15, 0.2) is 0 Å². The van der Waals surface area contributed by atoms with Crippen LogP contribution < -0.4 is 5.32 Å². The molecule has 1 aliphatic rings. The van der Waals surface area contributed by atoms with Crippen LogP contribution in [0.1, 0.15) is 28.8 Å². The van der Waals surface area contributed by atoms with Gasteiger partial charge in [0.05, 0.1) is 6.10 Å². The molecule has 3 rings (SSSR count). The molecule has 1 saturated heterocycles. The zero-order valence-electron chi connectivity index (χ0n) is 11.0. The number of nitrogens with one attached hydrogen (secondary N) is 1. The molecular weight excluding hydrogens is 256 g/mol. The third-order valence-corrected chi connectivity index (χ3v) is 4.37. The Morgan fingerprint density at radius 3 is 2.95 bits per heavy atom. The van der Waals surface area contributed by atoms with Crippen LogP contribution in [0, 0.1) is 6.92 Å². The monoisotopic (exact) mass is 274 g/mol. The van der Waals surface area contributed by atoms with Gasteiger partial charge >= 0.3 is 0 Å². The summed E-state index contributed by atoms with van der Waals surface area (Å²) in [6, 6.07) is 10.8. The molecule has 2 heterocycles. The van der Waals surface area contributed by atoms with Gasteiger partial charge in [0.25, 0.3) is 0 Å². The van der Waals surface area contributed by atoms with Crippen molar-refractivity contribution in [2.75, 3.05) is 6.61 Å². The molecule has 2 atom stereocenters. The highest BCUT2D eigenvalue weighted by atomic mass is 32.1. The lowest BCUT2D eigenvalue weighted by Gasteiger charge is -2.19. The summed E-state index contributed by atoms with van der Waals surface area (Å²) in [5, 5.41) is 6.83. The Morgan fingerprint density at radius 1 is 1.37 bits per heavy atom. The van der Waals surface area contributed by atoms with Crippen LogP contribution in [0.15, 0.2) is 35.7 Å². The predicted octanol–water partition coefficient (Wildman–Crippen LogP) is 3.07. The summed E-state index contributed by atoms with van der Waals surface area (Å²) in [5.74, 6) is 0. The summed E-state index contributed by atoms with van der Waals surface area (Å²) >= 11 is 1.72. The fourth-order valence-corrected chi connectivity index (χ4v) is 3.19. The van der Waals surface area contributed by atoms with Gasteiger partial charge in [0.2, 0.25) is 0 Å². The summed E-state index contributed by atoms with van der Waals surface area (Å²) in [4.78, 5) is 4.48.